The van der Waals surface area contributed by atoms with Gasteiger partial charge in [0.1, 0.15) is 0 Å². The van der Waals surface area contributed by atoms with Gasteiger partial charge < -0.3 is 4.90 Å². The Bertz CT molecular complexity index is 677. The zero-order valence-electron chi connectivity index (χ0n) is 13.0. The molecule has 1 saturated carbocycles. The van der Waals surface area contributed by atoms with Crippen LogP contribution in [0.25, 0.3) is 0 Å². The third-order valence-electron chi connectivity index (χ3n) is 4.45. The predicted molar refractivity (Wildman–Crippen MR) is 90.2 cm³/mol. The maximum Gasteiger partial charge on any atom is 0.232 e. The molecule has 0 N–H and O–H groups in total. The summed E-state index contributed by atoms with van der Waals surface area (Å²) in [5.74, 6) is 2.30. The van der Waals surface area contributed by atoms with E-state index in [1.54, 1.807) is 11.8 Å². The van der Waals surface area contributed by atoms with Gasteiger partial charge in [-0.1, -0.05) is 35.5 Å². The Morgan fingerprint density at radius 3 is 2.74 bits per heavy atom. The Morgan fingerprint density at radius 1 is 1.22 bits per heavy atom. The number of aromatic nitrogens is 3. The van der Waals surface area contributed by atoms with Crippen molar-refractivity contribution in [3.63, 3.8) is 0 Å². The van der Waals surface area contributed by atoms with Crippen LogP contribution in [0.1, 0.15) is 36.1 Å². The molecule has 0 atom stereocenters. The number of hydrogen-bond donors (Lipinski definition) is 0. The molecule has 2 aliphatic rings. The monoisotopic (exact) mass is 328 g/mol. The second-order valence-corrected chi connectivity index (χ2v) is 7.31. The molecule has 23 heavy (non-hydrogen) atoms. The first-order chi connectivity index (χ1) is 11.3. The van der Waals surface area contributed by atoms with Gasteiger partial charge in [-0.25, -0.2) is 4.68 Å². The van der Waals surface area contributed by atoms with E-state index in [0.29, 0.717) is 17.7 Å². The van der Waals surface area contributed by atoms with E-state index in [2.05, 4.69) is 28.6 Å². The Kier molecular flexibility index (Phi) is 4.08. The van der Waals surface area contributed by atoms with Crippen molar-refractivity contribution in [3.05, 3.63) is 47.8 Å². The zero-order chi connectivity index (χ0) is 15.6. The fraction of sp³-hybridized carbons (Fsp3) is 0.471. The molecule has 1 aromatic carbocycles. The van der Waals surface area contributed by atoms with Gasteiger partial charge in [0, 0.05) is 31.0 Å². The van der Waals surface area contributed by atoms with Gasteiger partial charge in [-0.05, 0) is 18.4 Å². The normalized spacial score (nSPS) is 18.0. The van der Waals surface area contributed by atoms with Crippen molar-refractivity contribution in [1.82, 2.24) is 19.9 Å². The highest BCUT2D eigenvalue weighted by Crippen LogP contribution is 2.39. The van der Waals surface area contributed by atoms with Crippen molar-refractivity contribution < 1.29 is 4.79 Å². The van der Waals surface area contributed by atoms with Crippen LogP contribution >= 0.6 is 11.8 Å². The summed E-state index contributed by atoms with van der Waals surface area (Å²) in [5, 5.41) is 8.46. The molecule has 5 nitrogen and oxygen atoms in total. The molecule has 2 heterocycles. The predicted octanol–water partition coefficient (Wildman–Crippen LogP) is 2.47. The summed E-state index contributed by atoms with van der Waals surface area (Å²) in [4.78, 5) is 14.1. The Balaban J connectivity index is 1.20. The Labute approximate surface area is 140 Å². The number of rotatable bonds is 6. The molecule has 0 unspecified atom stereocenters. The van der Waals surface area contributed by atoms with Crippen LogP contribution in [-0.4, -0.2) is 44.6 Å². The van der Waals surface area contributed by atoms with Crippen molar-refractivity contribution in [2.45, 2.75) is 30.6 Å². The van der Waals surface area contributed by atoms with Gasteiger partial charge in [0.05, 0.1) is 17.5 Å². The van der Waals surface area contributed by atoms with Crippen LogP contribution in [-0.2, 0) is 10.5 Å². The van der Waals surface area contributed by atoms with Crippen molar-refractivity contribution in [3.8, 4) is 0 Å². The SMILES string of the molecule is O=C(CSCc1ccccc1)N1CC(n2cc(C3CC3)nn2)C1. The summed E-state index contributed by atoms with van der Waals surface area (Å²) in [7, 11) is 0. The van der Waals surface area contributed by atoms with E-state index in [-0.39, 0.29) is 5.91 Å². The molecular weight excluding hydrogens is 308 g/mol. The summed E-state index contributed by atoms with van der Waals surface area (Å²) in [6.07, 6.45) is 4.55. The van der Waals surface area contributed by atoms with Gasteiger partial charge in [0.2, 0.25) is 5.91 Å². The fourth-order valence-electron chi connectivity index (χ4n) is 2.78. The number of hydrogen-bond acceptors (Lipinski definition) is 4. The molecule has 2 fully saturated rings. The van der Waals surface area contributed by atoms with E-state index in [1.807, 2.05) is 27.8 Å². The summed E-state index contributed by atoms with van der Waals surface area (Å²) in [6, 6.07) is 10.6. The van der Waals surface area contributed by atoms with Gasteiger partial charge in [-0.2, -0.15) is 0 Å². The van der Waals surface area contributed by atoms with Gasteiger partial charge in [0.15, 0.2) is 0 Å². The number of amides is 1. The van der Waals surface area contributed by atoms with E-state index in [4.69, 9.17) is 0 Å². The molecular formula is C17H20N4OS. The Morgan fingerprint density at radius 2 is 2.00 bits per heavy atom. The first-order valence-corrected chi connectivity index (χ1v) is 9.26. The average molecular weight is 328 g/mol. The van der Waals surface area contributed by atoms with Gasteiger partial charge in [0.25, 0.3) is 0 Å². The molecule has 1 aliphatic heterocycles. The Hall–Kier alpha value is -1.82. The molecule has 1 aliphatic carbocycles. The quantitative estimate of drug-likeness (QED) is 0.817. The molecule has 0 radical (unpaired) electrons. The van der Waals surface area contributed by atoms with E-state index in [9.17, 15) is 4.79 Å². The molecule has 0 bridgehead atoms. The number of thioether (sulfide) groups is 1. The molecule has 2 aromatic rings. The van der Waals surface area contributed by atoms with Crippen LogP contribution in [0, 0.1) is 0 Å². The second-order valence-electron chi connectivity index (χ2n) is 6.33. The van der Waals surface area contributed by atoms with Crippen LogP contribution in [0.3, 0.4) is 0 Å². The topological polar surface area (TPSA) is 51.0 Å². The number of carbonyl (C=O) groups is 1. The average Bonchev–Trinajstić information content (AvgIpc) is 3.26. The lowest BCUT2D eigenvalue weighted by Gasteiger charge is -2.38. The first-order valence-electron chi connectivity index (χ1n) is 8.11. The van der Waals surface area contributed by atoms with E-state index < -0.39 is 0 Å². The number of benzene rings is 1. The molecule has 1 aromatic heterocycles. The lowest BCUT2D eigenvalue weighted by molar-refractivity contribution is -0.134. The highest BCUT2D eigenvalue weighted by Gasteiger charge is 2.34. The van der Waals surface area contributed by atoms with E-state index in [1.165, 1.54) is 18.4 Å². The molecule has 120 valence electrons. The summed E-state index contributed by atoms with van der Waals surface area (Å²) < 4.78 is 1.94. The molecule has 4 rings (SSSR count). The van der Waals surface area contributed by atoms with Crippen molar-refractivity contribution in [1.29, 1.82) is 0 Å². The largest absolute Gasteiger partial charge is 0.338 e. The number of carbonyl (C=O) groups excluding carboxylic acids is 1. The lowest BCUT2D eigenvalue weighted by atomic mass is 10.1. The van der Waals surface area contributed by atoms with E-state index in [0.717, 1.165) is 24.5 Å². The summed E-state index contributed by atoms with van der Waals surface area (Å²) in [5.41, 5.74) is 2.38. The molecule has 6 heteroatoms. The minimum absolute atomic E-state index is 0.227. The van der Waals surface area contributed by atoms with Crippen molar-refractivity contribution in [2.75, 3.05) is 18.8 Å². The number of likely N-dealkylation sites (tertiary alicyclic amines) is 1. The zero-order valence-corrected chi connectivity index (χ0v) is 13.8. The van der Waals surface area contributed by atoms with Crippen LogP contribution in [0.2, 0.25) is 0 Å². The third kappa shape index (κ3) is 3.42. The summed E-state index contributed by atoms with van der Waals surface area (Å²) >= 11 is 1.68. The highest BCUT2D eigenvalue weighted by molar-refractivity contribution is 7.99. The smallest absolute Gasteiger partial charge is 0.232 e. The third-order valence-corrected chi connectivity index (χ3v) is 5.44. The standard InChI is InChI=1S/C17H20N4OS/c22-17(12-23-11-13-4-2-1-3-5-13)20-8-15(9-20)21-10-16(18-19-21)14-6-7-14/h1-5,10,14-15H,6-9,11-12H2. The van der Waals surface area contributed by atoms with Crippen molar-refractivity contribution >= 4 is 17.7 Å². The number of nitrogens with zero attached hydrogens (tertiary/aromatic N) is 4. The summed E-state index contributed by atoms with van der Waals surface area (Å²) in [6.45, 7) is 1.52. The van der Waals surface area contributed by atoms with Crippen LogP contribution in [0.5, 0.6) is 0 Å². The van der Waals surface area contributed by atoms with Gasteiger partial charge in [-0.3, -0.25) is 4.79 Å². The van der Waals surface area contributed by atoms with Crippen LogP contribution < -0.4 is 0 Å². The highest BCUT2D eigenvalue weighted by atomic mass is 32.2. The van der Waals surface area contributed by atoms with Crippen LogP contribution in [0.15, 0.2) is 36.5 Å². The van der Waals surface area contributed by atoms with E-state index >= 15 is 0 Å². The molecule has 1 amide bonds. The fourth-order valence-corrected chi connectivity index (χ4v) is 3.67. The van der Waals surface area contributed by atoms with Crippen molar-refractivity contribution in [2.24, 2.45) is 0 Å². The maximum atomic E-state index is 12.2. The second kappa shape index (κ2) is 6.35. The lowest BCUT2D eigenvalue weighted by Crippen LogP contribution is -2.51. The molecule has 1 saturated heterocycles. The van der Waals surface area contributed by atoms with Gasteiger partial charge in [-0.15, -0.1) is 16.9 Å². The minimum atomic E-state index is 0.227. The van der Waals surface area contributed by atoms with Gasteiger partial charge >= 0.3 is 0 Å². The van der Waals surface area contributed by atoms with Crippen LogP contribution in [0.4, 0.5) is 0 Å². The molecule has 0 spiro atoms. The minimum Gasteiger partial charge on any atom is -0.338 e. The maximum absolute atomic E-state index is 12.2. The first kappa shape index (κ1) is 14.8.